The van der Waals surface area contributed by atoms with Crippen molar-refractivity contribution in [2.75, 3.05) is 0 Å². The van der Waals surface area contributed by atoms with E-state index in [0.717, 1.165) is 0 Å². The zero-order chi connectivity index (χ0) is 2.99. The second-order valence-electron chi connectivity index (χ2n) is 1.07. The summed E-state index contributed by atoms with van der Waals surface area (Å²) in [5, 5.41) is 1.36. The Morgan fingerprint density at radius 2 is 1.75 bits per heavy atom. The van der Waals surface area contributed by atoms with Gasteiger partial charge in [0.2, 0.25) is 0 Å². The molecule has 0 atom stereocenters. The lowest BCUT2D eigenvalue weighted by Gasteiger charge is -1.52. The highest BCUT2D eigenvalue weighted by molar-refractivity contribution is 7.83. The van der Waals surface area contributed by atoms with Crippen molar-refractivity contribution in [2.45, 2.75) is 12.8 Å². The Balaban J connectivity index is 2.17. The summed E-state index contributed by atoms with van der Waals surface area (Å²) in [6.07, 6.45) is 2.53. The molecule has 0 unspecified atom stereocenters. The normalized spacial score (nSPS) is 26.2. The van der Waals surface area contributed by atoms with Crippen LogP contribution in [0.4, 0.5) is 0 Å². The fourth-order valence-corrected chi connectivity index (χ4v) is 0.168. The molecule has 1 aliphatic rings. The van der Waals surface area contributed by atoms with Crippen LogP contribution in [0.3, 0.4) is 0 Å². The minimum Gasteiger partial charge on any atom is -0.171 e. The van der Waals surface area contributed by atoms with Gasteiger partial charge in [0.15, 0.2) is 0 Å². The van der Waals surface area contributed by atoms with Crippen LogP contribution in [0.1, 0.15) is 12.8 Å². The first kappa shape index (κ1) is 2.58. The molecule has 1 saturated carbocycles. The highest BCUT2D eigenvalue weighted by atomic mass is 32.1. The lowest BCUT2D eigenvalue weighted by atomic mass is 11.0. The van der Waals surface area contributed by atoms with Crippen LogP contribution in [0.25, 0.3) is 0 Å². The van der Waals surface area contributed by atoms with E-state index in [2.05, 4.69) is 12.6 Å². The van der Waals surface area contributed by atoms with Crippen molar-refractivity contribution in [1.29, 1.82) is 0 Å². The third-order valence-electron chi connectivity index (χ3n) is 0.474. The molecule has 1 radical (unpaired) electrons. The van der Waals surface area contributed by atoms with Crippen LogP contribution < -0.4 is 0 Å². The molecular formula is C3H5S. The van der Waals surface area contributed by atoms with Crippen molar-refractivity contribution in [2.24, 2.45) is 0 Å². The van der Waals surface area contributed by atoms with Crippen molar-refractivity contribution < 1.29 is 0 Å². The zero-order valence-corrected chi connectivity index (χ0v) is 3.26. The minimum absolute atomic E-state index is 1.27. The van der Waals surface area contributed by atoms with Gasteiger partial charge in [-0.25, -0.2) is 0 Å². The van der Waals surface area contributed by atoms with E-state index < -0.39 is 0 Å². The molecule has 0 spiro atoms. The molecule has 23 valence electrons. The Bertz CT molecular complexity index is 22.5. The van der Waals surface area contributed by atoms with Crippen molar-refractivity contribution >= 4 is 12.6 Å². The van der Waals surface area contributed by atoms with Gasteiger partial charge in [0.05, 0.1) is 0 Å². The summed E-state index contributed by atoms with van der Waals surface area (Å²) in [7, 11) is 0. The Kier molecular flexibility index (Phi) is 0.417. The minimum atomic E-state index is 1.27. The van der Waals surface area contributed by atoms with E-state index >= 15 is 0 Å². The lowest BCUT2D eigenvalue weighted by Crippen LogP contribution is -1.27. The average molecular weight is 73.1 g/mol. The maximum absolute atomic E-state index is 3.99. The highest BCUT2D eigenvalue weighted by Gasteiger charge is 2.15. The fourth-order valence-electron chi connectivity index (χ4n) is 0.0559. The van der Waals surface area contributed by atoms with Gasteiger partial charge >= 0.3 is 0 Å². The van der Waals surface area contributed by atoms with Gasteiger partial charge in [-0.1, -0.05) is 0 Å². The van der Waals surface area contributed by atoms with Gasteiger partial charge in [-0.15, -0.1) is 0 Å². The van der Waals surface area contributed by atoms with Gasteiger partial charge in [0.25, 0.3) is 0 Å². The number of hydrogen-bond acceptors (Lipinski definition) is 1. The van der Waals surface area contributed by atoms with E-state index in [1.54, 1.807) is 0 Å². The molecule has 1 rings (SSSR count). The van der Waals surface area contributed by atoms with Gasteiger partial charge in [0, 0.05) is 5.25 Å². The maximum atomic E-state index is 3.99. The van der Waals surface area contributed by atoms with Crippen LogP contribution in [-0.2, 0) is 0 Å². The first-order valence-corrected chi connectivity index (χ1v) is 1.88. The monoisotopic (exact) mass is 73.0 g/mol. The summed E-state index contributed by atoms with van der Waals surface area (Å²) in [6, 6.07) is 0. The molecule has 0 aliphatic heterocycles. The summed E-state index contributed by atoms with van der Waals surface area (Å²) in [6.45, 7) is 0. The summed E-state index contributed by atoms with van der Waals surface area (Å²) in [5.74, 6) is 0. The Morgan fingerprint density at radius 3 is 1.75 bits per heavy atom. The summed E-state index contributed by atoms with van der Waals surface area (Å²) in [4.78, 5) is 0. The molecule has 0 saturated heterocycles. The number of thiol groups is 1. The van der Waals surface area contributed by atoms with E-state index in [0.29, 0.717) is 0 Å². The second kappa shape index (κ2) is 0.646. The Hall–Kier alpha value is 0.350. The molecule has 0 aromatic rings. The quantitative estimate of drug-likeness (QED) is 0.410. The Labute approximate surface area is 31.6 Å². The van der Waals surface area contributed by atoms with Crippen molar-refractivity contribution in [3.63, 3.8) is 0 Å². The van der Waals surface area contributed by atoms with Crippen LogP contribution >= 0.6 is 12.6 Å². The van der Waals surface area contributed by atoms with Crippen molar-refractivity contribution in [1.82, 2.24) is 0 Å². The van der Waals surface area contributed by atoms with Crippen LogP contribution in [0, 0.1) is 5.25 Å². The lowest BCUT2D eigenvalue weighted by molar-refractivity contribution is 1.50. The van der Waals surface area contributed by atoms with E-state index in [9.17, 15) is 0 Å². The molecule has 1 fully saturated rings. The summed E-state index contributed by atoms with van der Waals surface area (Å²) in [5.41, 5.74) is 0. The molecule has 0 bridgehead atoms. The first-order chi connectivity index (χ1) is 1.89. The molecule has 0 aromatic carbocycles. The number of rotatable bonds is 0. The molecule has 4 heavy (non-hydrogen) atoms. The van der Waals surface area contributed by atoms with Crippen LogP contribution in [0.15, 0.2) is 0 Å². The predicted molar refractivity (Wildman–Crippen MR) is 21.5 cm³/mol. The van der Waals surface area contributed by atoms with Gasteiger partial charge in [-0.2, -0.15) is 12.6 Å². The highest BCUT2D eigenvalue weighted by Crippen LogP contribution is 2.34. The summed E-state index contributed by atoms with van der Waals surface area (Å²) < 4.78 is 0. The fraction of sp³-hybridized carbons (Fsp3) is 0.667. The van der Waals surface area contributed by atoms with E-state index in [4.69, 9.17) is 0 Å². The standard InChI is InChI=1S/C3H5S/c4-3-1-2-3/h4H,1-2H2. The van der Waals surface area contributed by atoms with Crippen molar-refractivity contribution in [3.8, 4) is 0 Å². The molecule has 0 amide bonds. The molecule has 0 aromatic heterocycles. The van der Waals surface area contributed by atoms with Crippen LogP contribution in [-0.4, -0.2) is 0 Å². The largest absolute Gasteiger partial charge is 0.171 e. The second-order valence-corrected chi connectivity index (χ2v) is 1.70. The topological polar surface area (TPSA) is 0 Å². The van der Waals surface area contributed by atoms with Crippen molar-refractivity contribution in [3.05, 3.63) is 5.25 Å². The smallest absolute Gasteiger partial charge is 0.0275 e. The van der Waals surface area contributed by atoms with Gasteiger partial charge in [-0.3, -0.25) is 0 Å². The molecule has 0 N–H and O–H groups in total. The zero-order valence-electron chi connectivity index (χ0n) is 2.36. The third-order valence-corrected chi connectivity index (χ3v) is 0.921. The van der Waals surface area contributed by atoms with Crippen LogP contribution in [0.2, 0.25) is 0 Å². The van der Waals surface area contributed by atoms with E-state index in [-0.39, 0.29) is 0 Å². The van der Waals surface area contributed by atoms with E-state index in [1.807, 2.05) is 0 Å². The molecular weight excluding hydrogens is 68.1 g/mol. The van der Waals surface area contributed by atoms with Gasteiger partial charge < -0.3 is 0 Å². The van der Waals surface area contributed by atoms with Gasteiger partial charge in [0.1, 0.15) is 0 Å². The Morgan fingerprint density at radius 1 is 1.50 bits per heavy atom. The molecule has 0 heterocycles. The SMILES string of the molecule is S[C]1CC1. The number of hydrogen-bond donors (Lipinski definition) is 1. The predicted octanol–water partition coefficient (Wildman–Crippen LogP) is 1.24. The first-order valence-electron chi connectivity index (χ1n) is 1.43. The van der Waals surface area contributed by atoms with E-state index in [1.165, 1.54) is 18.1 Å². The van der Waals surface area contributed by atoms with Gasteiger partial charge in [-0.05, 0) is 12.8 Å². The molecule has 1 aliphatic carbocycles. The molecule has 0 nitrogen and oxygen atoms in total. The van der Waals surface area contributed by atoms with Crippen LogP contribution in [0.5, 0.6) is 0 Å². The molecule has 1 heteroatoms. The maximum Gasteiger partial charge on any atom is 0.0275 e. The third kappa shape index (κ3) is 0.382. The average Bonchev–Trinajstić information content (AvgIpc) is 1.75. The summed E-state index contributed by atoms with van der Waals surface area (Å²) >= 11 is 3.99.